The third-order valence-electron chi connectivity index (χ3n) is 6.25. The fourth-order valence-corrected chi connectivity index (χ4v) is 4.47. The fourth-order valence-electron chi connectivity index (χ4n) is 4.33. The van der Waals surface area contributed by atoms with E-state index in [0.29, 0.717) is 23.1 Å². The summed E-state index contributed by atoms with van der Waals surface area (Å²) in [7, 11) is 0. The van der Waals surface area contributed by atoms with Crippen LogP contribution in [0.3, 0.4) is 0 Å². The lowest BCUT2D eigenvalue weighted by atomic mass is 10.1. The molecule has 8 nitrogen and oxygen atoms in total. The van der Waals surface area contributed by atoms with Crippen molar-refractivity contribution in [2.45, 2.75) is 6.92 Å². The molecule has 0 spiro atoms. The van der Waals surface area contributed by atoms with E-state index in [2.05, 4.69) is 20.6 Å². The second kappa shape index (κ2) is 10.9. The lowest BCUT2D eigenvalue weighted by molar-refractivity contribution is 0.262. The molecule has 2 amide bonds. The maximum absolute atomic E-state index is 13.3. The lowest BCUT2D eigenvalue weighted by Crippen LogP contribution is -2.21. The maximum atomic E-state index is 13.3. The van der Waals surface area contributed by atoms with Crippen molar-refractivity contribution >= 4 is 39.9 Å². The Morgan fingerprint density at radius 2 is 1.60 bits per heavy atom. The predicted molar refractivity (Wildman–Crippen MR) is 157 cm³/mol. The van der Waals surface area contributed by atoms with Crippen LogP contribution in [0.4, 0.5) is 16.3 Å². The highest BCUT2D eigenvalue weighted by Gasteiger charge is 2.16. The maximum Gasteiger partial charge on any atom is 0.324 e. The number of aryl methyl sites for hydroxylation is 1. The number of benzene rings is 4. The number of hydrogen-bond acceptors (Lipinski definition) is 5. The molecule has 196 valence electrons. The molecule has 0 radical (unpaired) electrons. The van der Waals surface area contributed by atoms with E-state index >= 15 is 0 Å². The number of hydrogen-bond donors (Lipinski definition) is 2. The largest absolute Gasteiger partial charge is 0.438 e. The monoisotopic (exact) mass is 546 g/mol. The van der Waals surface area contributed by atoms with Gasteiger partial charge in [-0.2, -0.15) is 10.1 Å². The number of fused-ring (bicyclic) bond motifs is 1. The average Bonchev–Trinajstić information content (AvgIpc) is 3.39. The van der Waals surface area contributed by atoms with E-state index in [0.717, 1.165) is 33.3 Å². The average molecular weight is 547 g/mol. The molecule has 6 rings (SSSR count). The van der Waals surface area contributed by atoms with Crippen LogP contribution in [-0.4, -0.2) is 25.8 Å². The van der Waals surface area contributed by atoms with Crippen LogP contribution in [0.5, 0.6) is 11.6 Å². The van der Waals surface area contributed by atoms with Crippen molar-refractivity contribution in [3.8, 4) is 28.6 Å². The standard InChI is InChI=1S/C31H23ClN6O2/c1-20-11-13-22(14-12-20)38-28(19-26(37-38)21-7-3-2-4-8-21)35-31(39)34-25-15-16-27(24-10-6-5-9-23(24)25)40-29-17-18-33-30(32)36-29/h2-19H,1H3,(H2,34,35,39). The molecule has 0 aliphatic rings. The van der Waals surface area contributed by atoms with Gasteiger partial charge in [0.15, 0.2) is 0 Å². The first-order valence-corrected chi connectivity index (χ1v) is 12.9. The Balaban J connectivity index is 1.29. The number of carbonyl (C=O) groups excluding carboxylic acids is 1. The molecule has 0 fully saturated rings. The summed E-state index contributed by atoms with van der Waals surface area (Å²) < 4.78 is 7.70. The second-order valence-electron chi connectivity index (χ2n) is 9.03. The number of rotatable bonds is 6. The Morgan fingerprint density at radius 1 is 0.850 bits per heavy atom. The predicted octanol–water partition coefficient (Wildman–Crippen LogP) is 7.88. The van der Waals surface area contributed by atoms with Gasteiger partial charge in [0.1, 0.15) is 11.6 Å². The van der Waals surface area contributed by atoms with Gasteiger partial charge in [-0.25, -0.2) is 14.5 Å². The van der Waals surface area contributed by atoms with Gasteiger partial charge >= 0.3 is 6.03 Å². The van der Waals surface area contributed by atoms with E-state index in [1.54, 1.807) is 22.9 Å². The van der Waals surface area contributed by atoms with Crippen molar-refractivity contribution in [1.82, 2.24) is 19.7 Å². The normalized spacial score (nSPS) is 10.8. The van der Waals surface area contributed by atoms with Crippen molar-refractivity contribution in [2.75, 3.05) is 10.6 Å². The molecule has 2 aromatic heterocycles. The molecule has 2 heterocycles. The summed E-state index contributed by atoms with van der Waals surface area (Å²) in [5.41, 5.74) is 4.27. The van der Waals surface area contributed by atoms with Crippen molar-refractivity contribution < 1.29 is 9.53 Å². The van der Waals surface area contributed by atoms with Crippen LogP contribution in [0.1, 0.15) is 5.56 Å². The second-order valence-corrected chi connectivity index (χ2v) is 9.37. The van der Waals surface area contributed by atoms with E-state index in [-0.39, 0.29) is 5.28 Å². The van der Waals surface area contributed by atoms with Crippen molar-refractivity contribution in [3.63, 3.8) is 0 Å². The first-order chi connectivity index (χ1) is 19.5. The highest BCUT2D eigenvalue weighted by Crippen LogP contribution is 2.34. The summed E-state index contributed by atoms with van der Waals surface area (Å²) >= 11 is 5.91. The molecule has 0 atom stereocenters. The molecule has 0 saturated carbocycles. The zero-order chi connectivity index (χ0) is 27.5. The number of nitrogens with zero attached hydrogens (tertiary/aromatic N) is 4. The minimum atomic E-state index is -0.408. The number of halogens is 1. The van der Waals surface area contributed by atoms with Gasteiger partial charge in [0.2, 0.25) is 11.2 Å². The molecule has 40 heavy (non-hydrogen) atoms. The molecule has 0 aliphatic carbocycles. The molecule has 4 aromatic carbocycles. The number of nitrogens with one attached hydrogen (secondary N) is 2. The highest BCUT2D eigenvalue weighted by atomic mass is 35.5. The molecule has 2 N–H and O–H groups in total. The van der Waals surface area contributed by atoms with E-state index in [4.69, 9.17) is 21.4 Å². The van der Waals surface area contributed by atoms with Crippen LogP contribution in [0.25, 0.3) is 27.7 Å². The molecule has 0 saturated heterocycles. The molecule has 0 unspecified atom stereocenters. The summed E-state index contributed by atoms with van der Waals surface area (Å²) in [6, 6.07) is 32.0. The lowest BCUT2D eigenvalue weighted by Gasteiger charge is -2.14. The highest BCUT2D eigenvalue weighted by molar-refractivity contribution is 6.28. The molecule has 0 aliphatic heterocycles. The fraction of sp³-hybridized carbons (Fsp3) is 0.0323. The quantitative estimate of drug-likeness (QED) is 0.207. The van der Waals surface area contributed by atoms with Gasteiger partial charge in [0.25, 0.3) is 0 Å². The van der Waals surface area contributed by atoms with Crippen molar-refractivity contribution in [2.24, 2.45) is 0 Å². The minimum absolute atomic E-state index is 0.0945. The van der Waals surface area contributed by atoms with Crippen LogP contribution in [0.15, 0.2) is 109 Å². The zero-order valence-electron chi connectivity index (χ0n) is 21.4. The molecular weight excluding hydrogens is 524 g/mol. The summed E-state index contributed by atoms with van der Waals surface area (Å²) in [6.07, 6.45) is 1.53. The van der Waals surface area contributed by atoms with E-state index in [1.165, 1.54) is 6.20 Å². The van der Waals surface area contributed by atoms with Gasteiger partial charge < -0.3 is 10.1 Å². The first kappa shape index (κ1) is 25.1. The number of aromatic nitrogens is 4. The number of urea groups is 1. The van der Waals surface area contributed by atoms with Gasteiger partial charge in [-0.05, 0) is 42.8 Å². The van der Waals surface area contributed by atoms with Gasteiger partial charge in [0, 0.05) is 34.7 Å². The molecule has 6 aromatic rings. The summed E-state index contributed by atoms with van der Waals surface area (Å²) in [4.78, 5) is 21.3. The summed E-state index contributed by atoms with van der Waals surface area (Å²) in [5, 5.41) is 12.4. The number of carbonyl (C=O) groups is 1. The Bertz CT molecular complexity index is 1820. The smallest absolute Gasteiger partial charge is 0.324 e. The van der Waals surface area contributed by atoms with Crippen LogP contribution in [-0.2, 0) is 0 Å². The van der Waals surface area contributed by atoms with Crippen molar-refractivity contribution in [1.29, 1.82) is 0 Å². The van der Waals surface area contributed by atoms with Crippen molar-refractivity contribution in [3.05, 3.63) is 120 Å². The Hall–Kier alpha value is -5.21. The van der Waals surface area contributed by atoms with Gasteiger partial charge in [-0.15, -0.1) is 0 Å². The van der Waals surface area contributed by atoms with Crippen LogP contribution < -0.4 is 15.4 Å². The third-order valence-corrected chi connectivity index (χ3v) is 6.43. The number of anilines is 2. The molecule has 9 heteroatoms. The Morgan fingerprint density at radius 3 is 2.38 bits per heavy atom. The first-order valence-electron chi connectivity index (χ1n) is 12.5. The third kappa shape index (κ3) is 5.34. The Labute approximate surface area is 235 Å². The van der Waals surface area contributed by atoms with Gasteiger partial charge in [-0.1, -0.05) is 72.3 Å². The van der Waals surface area contributed by atoms with E-state index in [9.17, 15) is 4.79 Å². The summed E-state index contributed by atoms with van der Waals surface area (Å²) in [6.45, 7) is 2.03. The Kier molecular flexibility index (Phi) is 6.82. The van der Waals surface area contributed by atoms with Crippen LogP contribution >= 0.6 is 11.6 Å². The molecular formula is C31H23ClN6O2. The summed E-state index contributed by atoms with van der Waals surface area (Å²) in [5.74, 6) is 1.42. The number of ether oxygens (including phenoxy) is 1. The zero-order valence-corrected chi connectivity index (χ0v) is 22.1. The minimum Gasteiger partial charge on any atom is -0.438 e. The van der Waals surface area contributed by atoms with Gasteiger partial charge in [-0.3, -0.25) is 5.32 Å². The van der Waals surface area contributed by atoms with Crippen LogP contribution in [0, 0.1) is 6.92 Å². The van der Waals surface area contributed by atoms with E-state index in [1.807, 2.05) is 91.9 Å². The van der Waals surface area contributed by atoms with Crippen LogP contribution in [0.2, 0.25) is 5.28 Å². The molecule has 0 bridgehead atoms. The SMILES string of the molecule is Cc1ccc(-n2nc(-c3ccccc3)cc2NC(=O)Nc2ccc(Oc3ccnc(Cl)n3)c3ccccc23)cc1. The topological polar surface area (TPSA) is 94.0 Å². The number of amides is 2. The van der Waals surface area contributed by atoms with Gasteiger partial charge in [0.05, 0.1) is 17.1 Å². The van der Waals surface area contributed by atoms with E-state index < -0.39 is 6.03 Å².